The number of benzene rings is 1. The van der Waals surface area contributed by atoms with Crippen molar-refractivity contribution in [2.75, 3.05) is 0 Å². The first-order valence-corrected chi connectivity index (χ1v) is 8.28. The molecule has 0 unspecified atom stereocenters. The summed E-state index contributed by atoms with van der Waals surface area (Å²) >= 11 is 17.5. The first-order valence-electron chi connectivity index (χ1n) is 7.12. The van der Waals surface area contributed by atoms with Gasteiger partial charge in [0.15, 0.2) is 0 Å². The molecule has 0 radical (unpaired) electrons. The number of hydrogen-bond acceptors (Lipinski definition) is 5. The third kappa shape index (κ3) is 3.41. The molecule has 3 rings (SSSR count). The van der Waals surface area contributed by atoms with Gasteiger partial charge >= 0.3 is 0 Å². The van der Waals surface area contributed by atoms with Crippen molar-refractivity contribution < 1.29 is 0 Å². The fraction of sp³-hybridized carbons (Fsp3) is 0.133. The molecule has 0 aliphatic carbocycles. The van der Waals surface area contributed by atoms with Gasteiger partial charge in [-0.3, -0.25) is 9.89 Å². The van der Waals surface area contributed by atoms with E-state index in [1.807, 2.05) is 6.07 Å². The quantitative estimate of drug-likeness (QED) is 0.545. The Morgan fingerprint density at radius 2 is 2.04 bits per heavy atom. The zero-order valence-electron chi connectivity index (χ0n) is 13.2. The van der Waals surface area contributed by atoms with Crippen molar-refractivity contribution in [2.45, 2.75) is 13.8 Å². The van der Waals surface area contributed by atoms with E-state index in [0.717, 1.165) is 10.4 Å². The molecule has 1 aromatic carbocycles. The van der Waals surface area contributed by atoms with Gasteiger partial charge in [-0.05, 0) is 44.3 Å². The van der Waals surface area contributed by atoms with E-state index in [1.54, 1.807) is 36.7 Å². The maximum atomic E-state index is 12.1. The van der Waals surface area contributed by atoms with Crippen LogP contribution in [0.15, 0.2) is 34.2 Å². The predicted molar refractivity (Wildman–Crippen MR) is 99.7 cm³/mol. The lowest BCUT2D eigenvalue weighted by molar-refractivity contribution is 0.720. The lowest BCUT2D eigenvalue weighted by atomic mass is 10.3. The van der Waals surface area contributed by atoms with Crippen LogP contribution in [0.5, 0.6) is 0 Å². The van der Waals surface area contributed by atoms with Crippen LogP contribution >= 0.6 is 35.4 Å². The van der Waals surface area contributed by atoms with Crippen LogP contribution in [0.3, 0.4) is 0 Å². The molecule has 0 atom stereocenters. The van der Waals surface area contributed by atoms with Crippen LogP contribution in [0.25, 0.3) is 5.69 Å². The van der Waals surface area contributed by atoms with Crippen molar-refractivity contribution in [2.24, 2.45) is 5.10 Å². The summed E-state index contributed by atoms with van der Waals surface area (Å²) in [7, 11) is 0. The van der Waals surface area contributed by atoms with Gasteiger partial charge in [0.05, 0.1) is 23.2 Å². The Hall–Kier alpha value is -2.29. The minimum Gasteiger partial charge on any atom is -0.265 e. The Morgan fingerprint density at radius 1 is 1.28 bits per heavy atom. The molecule has 0 amide bonds. The lowest BCUT2D eigenvalue weighted by Crippen LogP contribution is -2.22. The number of rotatable bonds is 3. The Balaban J connectivity index is 2.07. The predicted octanol–water partition coefficient (Wildman–Crippen LogP) is 3.29. The second kappa shape index (κ2) is 6.91. The molecule has 2 aromatic heterocycles. The summed E-state index contributed by atoms with van der Waals surface area (Å²) in [6, 6.07) is 7.14. The van der Waals surface area contributed by atoms with Gasteiger partial charge in [-0.2, -0.15) is 20.0 Å². The fourth-order valence-corrected chi connectivity index (χ4v) is 2.81. The smallest absolute Gasteiger partial charge is 0.265 e. The van der Waals surface area contributed by atoms with Crippen LogP contribution in [0.2, 0.25) is 10.2 Å². The maximum Gasteiger partial charge on any atom is 0.296 e. The average Bonchev–Trinajstić information content (AvgIpc) is 2.86. The molecule has 2 heterocycles. The van der Waals surface area contributed by atoms with Gasteiger partial charge in [-0.15, -0.1) is 0 Å². The van der Waals surface area contributed by atoms with Crippen LogP contribution in [-0.2, 0) is 0 Å². The molecule has 10 heteroatoms. The normalized spacial score (nSPS) is 11.4. The van der Waals surface area contributed by atoms with Crippen LogP contribution in [0.4, 0.5) is 0 Å². The van der Waals surface area contributed by atoms with E-state index in [4.69, 9.17) is 35.4 Å². The van der Waals surface area contributed by atoms with Crippen molar-refractivity contribution in [1.82, 2.24) is 24.7 Å². The molecular formula is C15H12Cl2N6OS. The average molecular weight is 395 g/mol. The van der Waals surface area contributed by atoms with Gasteiger partial charge in [0.1, 0.15) is 10.8 Å². The molecule has 0 bridgehead atoms. The van der Waals surface area contributed by atoms with Crippen molar-refractivity contribution >= 4 is 41.6 Å². The summed E-state index contributed by atoms with van der Waals surface area (Å²) in [5.74, 6) is 0. The third-order valence-corrected chi connectivity index (χ3v) is 4.28. The summed E-state index contributed by atoms with van der Waals surface area (Å²) in [4.78, 5) is 12.1. The Morgan fingerprint density at radius 3 is 2.76 bits per heavy atom. The summed E-state index contributed by atoms with van der Waals surface area (Å²) in [5, 5.41) is 15.8. The second-order valence-electron chi connectivity index (χ2n) is 5.16. The number of hydrogen-bond donors (Lipinski definition) is 1. The number of H-pyrrole nitrogens is 1. The van der Waals surface area contributed by atoms with E-state index >= 15 is 0 Å². The zero-order valence-corrected chi connectivity index (χ0v) is 15.5. The Kier molecular flexibility index (Phi) is 4.85. The van der Waals surface area contributed by atoms with E-state index in [9.17, 15) is 4.79 Å². The number of halogens is 2. The van der Waals surface area contributed by atoms with Crippen molar-refractivity contribution in [3.63, 3.8) is 0 Å². The minimum absolute atomic E-state index is 0.0860. The van der Waals surface area contributed by atoms with Gasteiger partial charge in [0.2, 0.25) is 4.77 Å². The highest BCUT2D eigenvalue weighted by atomic mass is 35.5. The molecule has 128 valence electrons. The number of nitrogens with one attached hydrogen (secondary N) is 1. The van der Waals surface area contributed by atoms with Crippen LogP contribution in [-0.4, -0.2) is 30.9 Å². The fourth-order valence-electron chi connectivity index (χ4n) is 2.13. The highest BCUT2D eigenvalue weighted by molar-refractivity contribution is 7.71. The molecule has 0 spiro atoms. The van der Waals surface area contributed by atoms with Gasteiger partial charge < -0.3 is 0 Å². The molecule has 0 aliphatic heterocycles. The SMILES string of the molecule is Cc1nn(-c2cccc(Cl)c2)c(Cl)c1C=Nn1c(=S)[nH]nc(C)c1=O. The number of aromatic amines is 1. The topological polar surface area (TPSA) is 80.9 Å². The van der Waals surface area contributed by atoms with Crippen molar-refractivity contribution in [1.29, 1.82) is 0 Å². The summed E-state index contributed by atoms with van der Waals surface area (Å²) in [6.45, 7) is 3.35. The summed E-state index contributed by atoms with van der Waals surface area (Å²) < 4.78 is 2.68. The molecule has 0 aliphatic rings. The first kappa shape index (κ1) is 17.5. The monoisotopic (exact) mass is 394 g/mol. The summed E-state index contributed by atoms with van der Waals surface area (Å²) in [6.07, 6.45) is 1.44. The van der Waals surface area contributed by atoms with Crippen LogP contribution in [0.1, 0.15) is 17.0 Å². The van der Waals surface area contributed by atoms with E-state index in [-0.39, 0.29) is 10.5 Å². The van der Waals surface area contributed by atoms with E-state index in [2.05, 4.69) is 20.4 Å². The molecule has 1 N–H and O–H groups in total. The molecule has 7 nitrogen and oxygen atoms in total. The first-order chi connectivity index (χ1) is 11.9. The van der Waals surface area contributed by atoms with E-state index in [0.29, 0.717) is 21.4 Å². The molecule has 0 saturated heterocycles. The Bertz CT molecular complexity index is 1100. The molecule has 0 saturated carbocycles. The van der Waals surface area contributed by atoms with E-state index in [1.165, 1.54) is 6.21 Å². The van der Waals surface area contributed by atoms with Crippen LogP contribution in [0, 0.1) is 18.6 Å². The van der Waals surface area contributed by atoms with Gasteiger partial charge in [0.25, 0.3) is 5.56 Å². The highest BCUT2D eigenvalue weighted by Crippen LogP contribution is 2.23. The van der Waals surface area contributed by atoms with Gasteiger partial charge in [0, 0.05) is 5.02 Å². The lowest BCUT2D eigenvalue weighted by Gasteiger charge is -2.03. The standard InChI is InChI=1S/C15H12Cl2N6OS/c1-8-12(7-18-23-14(24)9(2)19-20-15(23)25)13(17)22(21-8)11-5-3-4-10(16)6-11/h3-7H,1-2H3,(H,20,25). The van der Waals surface area contributed by atoms with Crippen LogP contribution < -0.4 is 5.56 Å². The maximum absolute atomic E-state index is 12.1. The molecule has 25 heavy (non-hydrogen) atoms. The molecule has 0 fully saturated rings. The number of aryl methyl sites for hydroxylation is 2. The van der Waals surface area contributed by atoms with E-state index < -0.39 is 5.56 Å². The minimum atomic E-state index is -0.406. The number of nitrogens with zero attached hydrogens (tertiary/aromatic N) is 5. The molecule has 3 aromatic rings. The number of aromatic nitrogens is 5. The van der Waals surface area contributed by atoms with Crippen molar-refractivity contribution in [3.8, 4) is 5.69 Å². The highest BCUT2D eigenvalue weighted by Gasteiger charge is 2.14. The van der Waals surface area contributed by atoms with Gasteiger partial charge in [-0.1, -0.05) is 29.3 Å². The largest absolute Gasteiger partial charge is 0.296 e. The Labute approximate surface area is 157 Å². The third-order valence-electron chi connectivity index (χ3n) is 3.42. The summed E-state index contributed by atoms with van der Waals surface area (Å²) in [5.41, 5.74) is 1.77. The van der Waals surface area contributed by atoms with Gasteiger partial charge in [-0.25, -0.2) is 4.68 Å². The zero-order chi connectivity index (χ0) is 18.1. The van der Waals surface area contributed by atoms with Crippen molar-refractivity contribution in [3.05, 3.63) is 66.5 Å². The second-order valence-corrected chi connectivity index (χ2v) is 6.34. The molecular weight excluding hydrogens is 383 g/mol.